The summed E-state index contributed by atoms with van der Waals surface area (Å²) in [6.45, 7) is 9.05. The van der Waals surface area contributed by atoms with Crippen molar-refractivity contribution < 1.29 is 18.8 Å². The molecule has 7 heteroatoms. The topological polar surface area (TPSA) is 68.8 Å². The van der Waals surface area contributed by atoms with Crippen LogP contribution in [0.25, 0.3) is 0 Å². The average molecular weight is 346 g/mol. The maximum atomic E-state index is 11.5. The van der Waals surface area contributed by atoms with E-state index in [0.29, 0.717) is 19.2 Å². The van der Waals surface area contributed by atoms with Crippen molar-refractivity contribution in [1.29, 1.82) is 0 Å². The van der Waals surface area contributed by atoms with E-state index in [2.05, 4.69) is 10.6 Å². The molecule has 1 aromatic carbocycles. The summed E-state index contributed by atoms with van der Waals surface area (Å²) in [7, 11) is -0.369. The van der Waals surface area contributed by atoms with Gasteiger partial charge in [-0.25, -0.2) is 4.79 Å². The van der Waals surface area contributed by atoms with Crippen molar-refractivity contribution in [1.82, 2.24) is 10.6 Å². The van der Waals surface area contributed by atoms with Crippen LogP contribution in [0.3, 0.4) is 0 Å². The minimum absolute atomic E-state index is 0.123. The first-order valence-electron chi connectivity index (χ1n) is 8.90. The average Bonchev–Trinajstić information content (AvgIpc) is 3.31. The Balaban J connectivity index is 1.44. The first-order valence-corrected chi connectivity index (χ1v) is 8.90. The maximum absolute atomic E-state index is 11.5. The van der Waals surface area contributed by atoms with Gasteiger partial charge in [0.1, 0.15) is 12.4 Å². The SMILES string of the molecule is CC1(C)OB(c2ccc(OCCNC(=O)NC3CC3)cc2)OC1(C)C. The van der Waals surface area contributed by atoms with Crippen molar-refractivity contribution in [2.75, 3.05) is 13.2 Å². The zero-order chi connectivity index (χ0) is 18.1. The van der Waals surface area contributed by atoms with Gasteiger partial charge >= 0.3 is 13.1 Å². The minimum Gasteiger partial charge on any atom is -0.492 e. The lowest BCUT2D eigenvalue weighted by Crippen LogP contribution is -2.41. The number of benzene rings is 1. The minimum atomic E-state index is -0.369. The summed E-state index contributed by atoms with van der Waals surface area (Å²) in [5, 5.41) is 5.65. The Bertz CT molecular complexity index is 598. The van der Waals surface area contributed by atoms with E-state index >= 15 is 0 Å². The second-order valence-electron chi connectivity index (χ2n) is 7.68. The summed E-state index contributed by atoms with van der Waals surface area (Å²) >= 11 is 0. The van der Waals surface area contributed by atoms with E-state index in [1.165, 1.54) is 0 Å². The van der Waals surface area contributed by atoms with Crippen LogP contribution in [-0.2, 0) is 9.31 Å². The molecule has 1 heterocycles. The number of nitrogens with one attached hydrogen (secondary N) is 2. The summed E-state index contributed by atoms with van der Waals surface area (Å²) < 4.78 is 17.7. The monoisotopic (exact) mass is 346 g/mol. The van der Waals surface area contributed by atoms with Gasteiger partial charge in [-0.15, -0.1) is 0 Å². The van der Waals surface area contributed by atoms with Crippen LogP contribution < -0.4 is 20.8 Å². The van der Waals surface area contributed by atoms with E-state index in [9.17, 15) is 4.79 Å². The summed E-state index contributed by atoms with van der Waals surface area (Å²) in [5.41, 5.74) is 0.270. The van der Waals surface area contributed by atoms with Crippen LogP contribution >= 0.6 is 0 Å². The number of hydrogen-bond donors (Lipinski definition) is 2. The molecule has 0 aromatic heterocycles. The third-order valence-electron chi connectivity index (χ3n) is 4.97. The van der Waals surface area contributed by atoms with Crippen molar-refractivity contribution in [3.8, 4) is 5.75 Å². The molecule has 2 N–H and O–H groups in total. The molecule has 1 aliphatic heterocycles. The molecule has 25 heavy (non-hydrogen) atoms. The fourth-order valence-electron chi connectivity index (χ4n) is 2.50. The number of rotatable bonds is 6. The molecule has 2 aliphatic rings. The maximum Gasteiger partial charge on any atom is 0.494 e. The molecule has 0 unspecified atom stereocenters. The van der Waals surface area contributed by atoms with Crippen LogP contribution in [0, 0.1) is 0 Å². The third kappa shape index (κ3) is 4.47. The molecule has 0 radical (unpaired) electrons. The van der Waals surface area contributed by atoms with Crippen molar-refractivity contribution in [2.24, 2.45) is 0 Å². The number of urea groups is 1. The van der Waals surface area contributed by atoms with Crippen LogP contribution in [0.1, 0.15) is 40.5 Å². The fourth-order valence-corrected chi connectivity index (χ4v) is 2.50. The Hall–Kier alpha value is -1.73. The van der Waals surface area contributed by atoms with Gasteiger partial charge in [0, 0.05) is 6.04 Å². The fraction of sp³-hybridized carbons (Fsp3) is 0.611. The van der Waals surface area contributed by atoms with Gasteiger partial charge in [0.15, 0.2) is 0 Å². The van der Waals surface area contributed by atoms with E-state index in [1.807, 2.05) is 52.0 Å². The lowest BCUT2D eigenvalue weighted by molar-refractivity contribution is 0.00578. The van der Waals surface area contributed by atoms with Crippen LogP contribution in [0.5, 0.6) is 5.75 Å². The first-order chi connectivity index (χ1) is 11.8. The predicted molar refractivity (Wildman–Crippen MR) is 97.2 cm³/mol. The molecule has 136 valence electrons. The van der Waals surface area contributed by atoms with Gasteiger partial charge in [0.25, 0.3) is 0 Å². The molecule has 2 amide bonds. The molecular weight excluding hydrogens is 319 g/mol. The van der Waals surface area contributed by atoms with Crippen LogP contribution in [-0.4, -0.2) is 43.5 Å². The largest absolute Gasteiger partial charge is 0.494 e. The van der Waals surface area contributed by atoms with Crippen molar-refractivity contribution in [2.45, 2.75) is 57.8 Å². The molecule has 3 rings (SSSR count). The molecule has 0 atom stereocenters. The highest BCUT2D eigenvalue weighted by Crippen LogP contribution is 2.36. The third-order valence-corrected chi connectivity index (χ3v) is 4.97. The lowest BCUT2D eigenvalue weighted by Gasteiger charge is -2.32. The number of amides is 2. The molecule has 2 fully saturated rings. The number of ether oxygens (including phenoxy) is 1. The molecule has 1 saturated carbocycles. The van der Waals surface area contributed by atoms with E-state index in [1.54, 1.807) is 0 Å². The van der Waals surface area contributed by atoms with Gasteiger partial charge in [-0.2, -0.15) is 0 Å². The van der Waals surface area contributed by atoms with E-state index < -0.39 is 0 Å². The van der Waals surface area contributed by atoms with Crippen molar-refractivity contribution >= 4 is 18.6 Å². The normalized spacial score (nSPS) is 21.0. The van der Waals surface area contributed by atoms with Gasteiger partial charge in [0.2, 0.25) is 0 Å². The van der Waals surface area contributed by atoms with E-state index in [4.69, 9.17) is 14.0 Å². The Morgan fingerprint density at radius 2 is 1.76 bits per heavy atom. The van der Waals surface area contributed by atoms with Gasteiger partial charge in [-0.1, -0.05) is 12.1 Å². The molecule has 1 aromatic rings. The smallest absolute Gasteiger partial charge is 0.492 e. The summed E-state index contributed by atoms with van der Waals surface area (Å²) in [6.07, 6.45) is 2.16. The van der Waals surface area contributed by atoms with Gasteiger partial charge < -0.3 is 24.7 Å². The summed E-state index contributed by atoms with van der Waals surface area (Å²) in [4.78, 5) is 11.5. The quantitative estimate of drug-likeness (QED) is 0.609. The van der Waals surface area contributed by atoms with Crippen LogP contribution in [0.2, 0.25) is 0 Å². The molecule has 6 nitrogen and oxygen atoms in total. The van der Waals surface area contributed by atoms with Gasteiger partial charge in [-0.05, 0) is 58.1 Å². The molecular formula is C18H27BN2O4. The highest BCUT2D eigenvalue weighted by Gasteiger charge is 2.51. The second-order valence-corrected chi connectivity index (χ2v) is 7.68. The molecule has 1 aliphatic carbocycles. The van der Waals surface area contributed by atoms with Crippen molar-refractivity contribution in [3.63, 3.8) is 0 Å². The van der Waals surface area contributed by atoms with E-state index in [-0.39, 0.29) is 24.4 Å². The number of carbonyl (C=O) groups is 1. The summed E-state index contributed by atoms with van der Waals surface area (Å²) in [6, 6.07) is 7.93. The first kappa shape index (κ1) is 18.1. The van der Waals surface area contributed by atoms with Crippen LogP contribution in [0.15, 0.2) is 24.3 Å². The zero-order valence-corrected chi connectivity index (χ0v) is 15.4. The highest BCUT2D eigenvalue weighted by atomic mass is 16.7. The summed E-state index contributed by atoms with van der Waals surface area (Å²) in [5.74, 6) is 0.754. The number of hydrogen-bond acceptors (Lipinski definition) is 4. The molecule has 0 spiro atoms. The van der Waals surface area contributed by atoms with Gasteiger partial charge in [0.05, 0.1) is 17.7 Å². The van der Waals surface area contributed by atoms with Crippen LogP contribution in [0.4, 0.5) is 4.79 Å². The Morgan fingerprint density at radius 1 is 1.16 bits per heavy atom. The zero-order valence-electron chi connectivity index (χ0n) is 15.4. The molecule has 0 bridgehead atoms. The van der Waals surface area contributed by atoms with Gasteiger partial charge in [-0.3, -0.25) is 0 Å². The lowest BCUT2D eigenvalue weighted by atomic mass is 9.79. The predicted octanol–water partition coefficient (Wildman–Crippen LogP) is 1.83. The highest BCUT2D eigenvalue weighted by molar-refractivity contribution is 6.62. The van der Waals surface area contributed by atoms with E-state index in [0.717, 1.165) is 24.1 Å². The second kappa shape index (κ2) is 6.88. The molecule has 1 saturated heterocycles. The van der Waals surface area contributed by atoms with Crippen molar-refractivity contribution in [3.05, 3.63) is 24.3 Å². The number of carbonyl (C=O) groups excluding carboxylic acids is 1. The standard InChI is InChI=1S/C18H27BN2O4/c1-17(2)18(3,4)25-19(24-17)13-5-9-15(10-6-13)23-12-11-20-16(22)21-14-7-8-14/h5-6,9-10,14H,7-8,11-12H2,1-4H3,(H2,20,21,22). The Morgan fingerprint density at radius 3 is 2.32 bits per heavy atom. The Labute approximate surface area is 149 Å². The Kier molecular flexibility index (Phi) is 4.98.